The average molecular weight is 248 g/mol. The summed E-state index contributed by atoms with van der Waals surface area (Å²) in [4.78, 5) is 9.04. The van der Waals surface area contributed by atoms with E-state index in [0.29, 0.717) is 6.04 Å². The van der Waals surface area contributed by atoms with Crippen LogP contribution in [-0.4, -0.2) is 22.6 Å². The minimum atomic E-state index is 0.569. The van der Waals surface area contributed by atoms with Crippen LogP contribution >= 0.6 is 0 Å². The van der Waals surface area contributed by atoms with Crippen LogP contribution in [0.5, 0.6) is 0 Å². The summed E-state index contributed by atoms with van der Waals surface area (Å²) >= 11 is 0. The lowest BCUT2D eigenvalue weighted by atomic mass is 10.1. The molecule has 1 saturated carbocycles. The second-order valence-electron chi connectivity index (χ2n) is 5.10. The third kappa shape index (κ3) is 3.12. The third-order valence-corrected chi connectivity index (χ3v) is 3.64. The van der Waals surface area contributed by atoms with Crippen LogP contribution in [0, 0.1) is 5.92 Å². The van der Waals surface area contributed by atoms with Crippen molar-refractivity contribution in [3.8, 4) is 0 Å². The van der Waals surface area contributed by atoms with Gasteiger partial charge in [0.1, 0.15) is 17.5 Å². The van der Waals surface area contributed by atoms with Crippen molar-refractivity contribution in [3.63, 3.8) is 0 Å². The fourth-order valence-electron chi connectivity index (χ4n) is 2.55. The number of anilines is 2. The summed E-state index contributed by atoms with van der Waals surface area (Å²) in [5.41, 5.74) is 0. The molecule has 0 amide bonds. The van der Waals surface area contributed by atoms with Crippen LogP contribution in [0.15, 0.2) is 6.07 Å². The van der Waals surface area contributed by atoms with Gasteiger partial charge >= 0.3 is 0 Å². The fraction of sp³-hybridized carbons (Fsp3) is 0.714. The maximum absolute atomic E-state index is 4.57. The average Bonchev–Trinajstić information content (AvgIpc) is 2.75. The first-order valence-electron chi connectivity index (χ1n) is 7.11. The first kappa shape index (κ1) is 13.1. The van der Waals surface area contributed by atoms with Gasteiger partial charge in [0.15, 0.2) is 0 Å². The van der Waals surface area contributed by atoms with E-state index in [9.17, 15) is 0 Å². The number of aromatic nitrogens is 2. The summed E-state index contributed by atoms with van der Waals surface area (Å²) in [7, 11) is 0. The molecule has 1 fully saturated rings. The molecule has 4 heteroatoms. The Labute approximate surface area is 110 Å². The number of rotatable bonds is 5. The van der Waals surface area contributed by atoms with Gasteiger partial charge in [0.25, 0.3) is 0 Å². The van der Waals surface area contributed by atoms with E-state index in [0.717, 1.165) is 36.3 Å². The molecule has 0 bridgehead atoms. The number of nitrogens with one attached hydrogen (secondary N) is 2. The second-order valence-corrected chi connectivity index (χ2v) is 5.10. The Balaban J connectivity index is 2.12. The monoisotopic (exact) mass is 248 g/mol. The lowest BCUT2D eigenvalue weighted by molar-refractivity contribution is 0.554. The van der Waals surface area contributed by atoms with E-state index in [2.05, 4.69) is 41.4 Å². The van der Waals surface area contributed by atoms with Crippen molar-refractivity contribution >= 4 is 11.6 Å². The smallest absolute Gasteiger partial charge is 0.132 e. The Hall–Kier alpha value is -1.32. The largest absolute Gasteiger partial charge is 0.370 e. The minimum absolute atomic E-state index is 0.569. The molecule has 0 aromatic carbocycles. The molecule has 0 saturated heterocycles. The summed E-state index contributed by atoms with van der Waals surface area (Å²) in [5.74, 6) is 3.54. The van der Waals surface area contributed by atoms with Crippen molar-refractivity contribution < 1.29 is 0 Å². The van der Waals surface area contributed by atoms with Crippen molar-refractivity contribution in [3.05, 3.63) is 11.9 Å². The molecule has 0 spiro atoms. The highest BCUT2D eigenvalue weighted by Gasteiger charge is 2.23. The zero-order chi connectivity index (χ0) is 13.0. The second kappa shape index (κ2) is 6.03. The molecule has 0 radical (unpaired) electrons. The van der Waals surface area contributed by atoms with E-state index >= 15 is 0 Å². The lowest BCUT2D eigenvalue weighted by Gasteiger charge is -2.18. The highest BCUT2D eigenvalue weighted by atomic mass is 15.1. The molecule has 2 unspecified atom stereocenters. The van der Waals surface area contributed by atoms with Crippen molar-refractivity contribution in [1.82, 2.24) is 9.97 Å². The van der Waals surface area contributed by atoms with Crippen molar-refractivity contribution in [2.75, 3.05) is 17.2 Å². The molecule has 1 heterocycles. The first-order valence-corrected chi connectivity index (χ1v) is 7.11. The van der Waals surface area contributed by atoms with Gasteiger partial charge in [-0.25, -0.2) is 9.97 Å². The number of nitrogens with zero attached hydrogens (tertiary/aromatic N) is 2. The quantitative estimate of drug-likeness (QED) is 0.841. The summed E-state index contributed by atoms with van der Waals surface area (Å²) < 4.78 is 0. The van der Waals surface area contributed by atoms with E-state index in [1.807, 2.05) is 6.07 Å². The van der Waals surface area contributed by atoms with Crippen LogP contribution in [0.25, 0.3) is 0 Å². The van der Waals surface area contributed by atoms with E-state index in [-0.39, 0.29) is 0 Å². The topological polar surface area (TPSA) is 49.8 Å². The highest BCUT2D eigenvalue weighted by molar-refractivity contribution is 5.48. The van der Waals surface area contributed by atoms with Crippen LogP contribution in [0.4, 0.5) is 11.6 Å². The first-order chi connectivity index (χ1) is 8.72. The van der Waals surface area contributed by atoms with E-state index in [1.165, 1.54) is 19.3 Å². The molecule has 0 aliphatic heterocycles. The highest BCUT2D eigenvalue weighted by Crippen LogP contribution is 2.27. The molecule has 4 nitrogen and oxygen atoms in total. The normalized spacial score (nSPS) is 23.1. The molecule has 1 aliphatic rings. The van der Waals surface area contributed by atoms with E-state index in [1.54, 1.807) is 0 Å². The number of hydrogen-bond acceptors (Lipinski definition) is 4. The Morgan fingerprint density at radius 2 is 2.00 bits per heavy atom. The predicted octanol–water partition coefficient (Wildman–Crippen LogP) is 3.07. The van der Waals surface area contributed by atoms with Crippen LogP contribution in [0.1, 0.15) is 45.9 Å². The Kier molecular flexibility index (Phi) is 4.39. The van der Waals surface area contributed by atoms with Crippen molar-refractivity contribution in [1.29, 1.82) is 0 Å². The van der Waals surface area contributed by atoms with Crippen LogP contribution in [-0.2, 0) is 6.42 Å². The number of hydrogen-bond donors (Lipinski definition) is 2. The van der Waals surface area contributed by atoms with E-state index < -0.39 is 0 Å². The van der Waals surface area contributed by atoms with Gasteiger partial charge in [-0.3, -0.25) is 0 Å². The summed E-state index contributed by atoms with van der Waals surface area (Å²) in [5, 5.41) is 6.84. The van der Waals surface area contributed by atoms with Crippen LogP contribution in [0.3, 0.4) is 0 Å². The van der Waals surface area contributed by atoms with Crippen molar-refractivity contribution in [2.24, 2.45) is 5.92 Å². The van der Waals surface area contributed by atoms with Crippen LogP contribution in [0.2, 0.25) is 0 Å². The molecular formula is C14H24N4. The Morgan fingerprint density at radius 1 is 1.22 bits per heavy atom. The van der Waals surface area contributed by atoms with Gasteiger partial charge in [-0.05, 0) is 25.7 Å². The summed E-state index contributed by atoms with van der Waals surface area (Å²) in [6.07, 6.45) is 4.77. The van der Waals surface area contributed by atoms with E-state index in [4.69, 9.17) is 0 Å². The molecule has 100 valence electrons. The molecule has 2 rings (SSSR count). The zero-order valence-corrected chi connectivity index (χ0v) is 11.7. The molecular weight excluding hydrogens is 224 g/mol. The maximum Gasteiger partial charge on any atom is 0.132 e. The zero-order valence-electron chi connectivity index (χ0n) is 11.7. The molecule has 1 aromatic heterocycles. The maximum atomic E-state index is 4.57. The standard InChI is InChI=1S/C14H24N4/c1-4-12-17-13(15-5-2)9-14(18-12)16-11-8-6-7-10(11)3/h9-11H,4-8H2,1-3H3,(H2,15,16,17,18). The minimum Gasteiger partial charge on any atom is -0.370 e. The van der Waals surface area contributed by atoms with Crippen LogP contribution < -0.4 is 10.6 Å². The SMILES string of the molecule is CCNc1cc(NC2CCCC2C)nc(CC)n1. The van der Waals surface area contributed by atoms with Gasteiger partial charge in [0.2, 0.25) is 0 Å². The molecule has 18 heavy (non-hydrogen) atoms. The molecule has 2 atom stereocenters. The summed E-state index contributed by atoms with van der Waals surface area (Å²) in [6, 6.07) is 2.59. The molecule has 2 N–H and O–H groups in total. The van der Waals surface area contributed by atoms with Gasteiger partial charge in [-0.15, -0.1) is 0 Å². The van der Waals surface area contributed by atoms with Gasteiger partial charge in [0.05, 0.1) is 0 Å². The van der Waals surface area contributed by atoms with Gasteiger partial charge in [-0.1, -0.05) is 20.3 Å². The molecule has 1 aromatic rings. The number of aryl methyl sites for hydroxylation is 1. The van der Waals surface area contributed by atoms with Gasteiger partial charge < -0.3 is 10.6 Å². The molecule has 1 aliphatic carbocycles. The van der Waals surface area contributed by atoms with Crippen molar-refractivity contribution in [2.45, 2.75) is 52.5 Å². The summed E-state index contributed by atoms with van der Waals surface area (Å²) in [6.45, 7) is 7.38. The van der Waals surface area contributed by atoms with Gasteiger partial charge in [0, 0.05) is 25.1 Å². The van der Waals surface area contributed by atoms with Gasteiger partial charge in [-0.2, -0.15) is 0 Å². The Morgan fingerprint density at radius 3 is 2.61 bits per heavy atom. The fourth-order valence-corrected chi connectivity index (χ4v) is 2.55. The lowest BCUT2D eigenvalue weighted by Crippen LogP contribution is -2.23. The third-order valence-electron chi connectivity index (χ3n) is 3.64. The predicted molar refractivity (Wildman–Crippen MR) is 76.0 cm³/mol. The Bertz CT molecular complexity index is 391.